The van der Waals surface area contributed by atoms with Gasteiger partial charge in [0.2, 0.25) is 0 Å². The van der Waals surface area contributed by atoms with Crippen molar-refractivity contribution in [3.63, 3.8) is 0 Å². The molecular formula is C43H38N4O. The van der Waals surface area contributed by atoms with Crippen LogP contribution in [0.2, 0.25) is 0 Å². The Morgan fingerprint density at radius 1 is 0.688 bits per heavy atom. The first-order valence-electron chi connectivity index (χ1n) is 16.8. The predicted octanol–water partition coefficient (Wildman–Crippen LogP) is 10.2. The molecule has 1 aliphatic carbocycles. The van der Waals surface area contributed by atoms with E-state index in [1.54, 1.807) is 0 Å². The molecule has 0 spiro atoms. The van der Waals surface area contributed by atoms with Crippen molar-refractivity contribution < 1.29 is 4.79 Å². The van der Waals surface area contributed by atoms with Crippen LogP contribution in [-0.4, -0.2) is 37.8 Å². The third-order valence-electron chi connectivity index (χ3n) is 10.1. The fraction of sp³-hybridized carbons (Fsp3) is 0.209. The molecule has 5 heteroatoms. The molecule has 5 nitrogen and oxygen atoms in total. The molecule has 236 valence electrons. The minimum atomic E-state index is -0.672. The van der Waals surface area contributed by atoms with Gasteiger partial charge in [-0.3, -0.25) is 10.2 Å². The fourth-order valence-electron chi connectivity index (χ4n) is 7.67. The first-order chi connectivity index (χ1) is 23.5. The van der Waals surface area contributed by atoms with Gasteiger partial charge in [0.15, 0.2) is 5.78 Å². The van der Waals surface area contributed by atoms with Gasteiger partial charge in [-0.2, -0.15) is 0 Å². The van der Waals surface area contributed by atoms with E-state index >= 15 is 0 Å². The summed E-state index contributed by atoms with van der Waals surface area (Å²) in [6.45, 7) is 20.1. The summed E-state index contributed by atoms with van der Waals surface area (Å²) in [6, 6.07) is 33.7. The number of ketones is 1. The lowest BCUT2D eigenvalue weighted by Gasteiger charge is -2.35. The Morgan fingerprint density at radius 3 is 1.62 bits per heavy atom. The smallest absolute Gasteiger partial charge is 0.251 e. The zero-order valence-corrected chi connectivity index (χ0v) is 27.9. The van der Waals surface area contributed by atoms with Crippen LogP contribution < -0.4 is 9.80 Å². The van der Waals surface area contributed by atoms with E-state index in [2.05, 4.69) is 115 Å². The number of Topliss-reactive ketones (excluding diaryl/α,β-unsaturated/α-hetero) is 1. The number of rotatable bonds is 9. The van der Waals surface area contributed by atoms with Gasteiger partial charge in [0.25, 0.3) is 5.70 Å². The lowest BCUT2D eigenvalue weighted by molar-refractivity contribution is -0.115. The van der Waals surface area contributed by atoms with Gasteiger partial charge in [-0.05, 0) is 119 Å². The van der Waals surface area contributed by atoms with Gasteiger partial charge < -0.3 is 9.80 Å². The van der Waals surface area contributed by atoms with Gasteiger partial charge in [0.05, 0.1) is 12.5 Å². The summed E-state index contributed by atoms with van der Waals surface area (Å²) in [5.74, 6) is 1.71. The van der Waals surface area contributed by atoms with Crippen LogP contribution in [0.3, 0.4) is 0 Å². The van der Waals surface area contributed by atoms with Crippen LogP contribution in [-0.2, 0) is 4.79 Å². The summed E-state index contributed by atoms with van der Waals surface area (Å²) in [5.41, 5.74) is 5.08. The molecule has 1 unspecified atom stereocenters. The first kappa shape index (κ1) is 30.9. The molecule has 1 atom stereocenters. The van der Waals surface area contributed by atoms with Crippen molar-refractivity contribution in [1.82, 2.24) is 0 Å². The van der Waals surface area contributed by atoms with Gasteiger partial charge in [0.1, 0.15) is 0 Å². The maximum atomic E-state index is 14.7. The third kappa shape index (κ3) is 4.77. The normalized spacial score (nSPS) is 14.3. The Kier molecular flexibility index (Phi) is 8.05. The molecule has 7 rings (SSSR count). The van der Waals surface area contributed by atoms with Gasteiger partial charge in [-0.25, -0.2) is 4.85 Å². The molecule has 0 saturated heterocycles. The molecule has 0 bridgehead atoms. The fourth-order valence-corrected chi connectivity index (χ4v) is 7.67. The quantitative estimate of drug-likeness (QED) is 0.0987. The van der Waals surface area contributed by atoms with Crippen LogP contribution in [0.5, 0.6) is 0 Å². The molecule has 0 heterocycles. The number of anilines is 2. The number of fused-ring (bicyclic) bond motifs is 4. The Balaban J connectivity index is 1.52. The highest BCUT2D eigenvalue weighted by Crippen LogP contribution is 2.52. The van der Waals surface area contributed by atoms with Crippen molar-refractivity contribution >= 4 is 71.7 Å². The second-order valence-electron chi connectivity index (χ2n) is 12.3. The van der Waals surface area contributed by atoms with Crippen LogP contribution in [0, 0.1) is 12.0 Å². The van der Waals surface area contributed by atoms with Gasteiger partial charge in [0, 0.05) is 53.9 Å². The second kappa shape index (κ2) is 12.5. The van der Waals surface area contributed by atoms with E-state index in [-0.39, 0.29) is 11.5 Å². The molecule has 0 fully saturated rings. The van der Waals surface area contributed by atoms with E-state index in [0.717, 1.165) is 91.8 Å². The van der Waals surface area contributed by atoms with E-state index in [1.807, 2.05) is 30.3 Å². The Labute approximate surface area is 281 Å². The molecule has 6 aromatic carbocycles. The minimum Gasteiger partial charge on any atom is -0.372 e. The predicted molar refractivity (Wildman–Crippen MR) is 203 cm³/mol. The van der Waals surface area contributed by atoms with Crippen molar-refractivity contribution in [3.05, 3.63) is 131 Å². The Morgan fingerprint density at radius 2 is 1.15 bits per heavy atom. The van der Waals surface area contributed by atoms with Crippen LogP contribution >= 0.6 is 0 Å². The second-order valence-corrected chi connectivity index (χ2v) is 12.3. The SMILES string of the molecule is [C-]#[N+]C(=C=N)C1=C(c2ccc(N(CC)CC)c3cc4ccccc4cc23)C(=O)C1c1ccc(N(CC)CC)c2cc3ccccc3cc12. The zero-order chi connectivity index (χ0) is 33.5. The summed E-state index contributed by atoms with van der Waals surface area (Å²) in [6.07, 6.45) is 0. The molecule has 0 amide bonds. The Hall–Kier alpha value is -5.69. The Bertz CT molecular complexity index is 2400. The number of nitrogens with one attached hydrogen (secondary N) is 1. The molecule has 0 radical (unpaired) electrons. The molecule has 0 aliphatic heterocycles. The maximum Gasteiger partial charge on any atom is 0.251 e. The summed E-state index contributed by atoms with van der Waals surface area (Å²) in [5, 5.41) is 16.7. The molecule has 1 aliphatic rings. The summed E-state index contributed by atoms with van der Waals surface area (Å²) in [7, 11) is 0. The topological polar surface area (TPSA) is 51.8 Å². The molecule has 1 N–H and O–H groups in total. The van der Waals surface area contributed by atoms with E-state index < -0.39 is 5.92 Å². The van der Waals surface area contributed by atoms with Crippen molar-refractivity contribution in [2.24, 2.45) is 0 Å². The number of carbonyl (C=O) groups is 1. The van der Waals surface area contributed by atoms with E-state index in [1.165, 1.54) is 0 Å². The van der Waals surface area contributed by atoms with Crippen LogP contribution in [0.1, 0.15) is 44.7 Å². The molecule has 6 aromatic rings. The van der Waals surface area contributed by atoms with E-state index in [0.29, 0.717) is 11.1 Å². The number of hydrogen-bond acceptors (Lipinski definition) is 4. The first-order valence-corrected chi connectivity index (χ1v) is 16.8. The maximum absolute atomic E-state index is 14.7. The van der Waals surface area contributed by atoms with Crippen molar-refractivity contribution in [2.75, 3.05) is 36.0 Å². The van der Waals surface area contributed by atoms with Crippen LogP contribution in [0.25, 0.3) is 53.5 Å². The summed E-state index contributed by atoms with van der Waals surface area (Å²) >= 11 is 0. The van der Waals surface area contributed by atoms with Crippen LogP contribution in [0.4, 0.5) is 11.4 Å². The van der Waals surface area contributed by atoms with Gasteiger partial charge in [-0.1, -0.05) is 60.7 Å². The number of carbonyl (C=O) groups excluding carboxylic acids is 1. The number of nitrogens with zero attached hydrogens (tertiary/aromatic N) is 3. The largest absolute Gasteiger partial charge is 0.372 e. The average Bonchev–Trinajstić information content (AvgIpc) is 3.12. The monoisotopic (exact) mass is 626 g/mol. The highest BCUT2D eigenvalue weighted by Gasteiger charge is 2.44. The highest BCUT2D eigenvalue weighted by molar-refractivity contribution is 6.37. The molecular weight excluding hydrogens is 589 g/mol. The van der Waals surface area contributed by atoms with Crippen molar-refractivity contribution in [3.8, 4) is 0 Å². The average molecular weight is 627 g/mol. The minimum absolute atomic E-state index is 0.0310. The molecule has 48 heavy (non-hydrogen) atoms. The zero-order valence-electron chi connectivity index (χ0n) is 27.9. The number of hydrogen-bond donors (Lipinski definition) is 1. The molecule has 0 saturated carbocycles. The van der Waals surface area contributed by atoms with E-state index in [9.17, 15) is 4.79 Å². The van der Waals surface area contributed by atoms with Gasteiger partial charge in [-0.15, -0.1) is 0 Å². The third-order valence-corrected chi connectivity index (χ3v) is 10.1. The number of allylic oxidation sites excluding steroid dienone is 2. The van der Waals surface area contributed by atoms with Crippen molar-refractivity contribution in [2.45, 2.75) is 33.6 Å². The lowest BCUT2D eigenvalue weighted by atomic mass is 9.67. The lowest BCUT2D eigenvalue weighted by Crippen LogP contribution is -2.30. The van der Waals surface area contributed by atoms with Gasteiger partial charge >= 0.3 is 0 Å². The highest BCUT2D eigenvalue weighted by atomic mass is 16.1. The van der Waals surface area contributed by atoms with E-state index in [4.69, 9.17) is 12.0 Å². The van der Waals surface area contributed by atoms with Crippen molar-refractivity contribution in [1.29, 1.82) is 5.41 Å². The summed E-state index contributed by atoms with van der Waals surface area (Å²) in [4.78, 5) is 23.1. The molecule has 0 aromatic heterocycles. The summed E-state index contributed by atoms with van der Waals surface area (Å²) < 4.78 is 0. The number of benzene rings is 6. The van der Waals surface area contributed by atoms with Crippen LogP contribution in [0.15, 0.2) is 108 Å². The standard InChI is InChI=1S/C43H38N4O/c1-6-46(7-2)38-20-18-31(33-22-27-14-10-12-16-29(27)24-35(33)38)40-42(37(26-44)45-5)41(43(40)48)32-19-21-39(47(8-3)9-4)36-25-30-17-13-11-15-28(30)23-34(32)36/h10-25,40,44H,6-9H2,1-4H3.